The van der Waals surface area contributed by atoms with E-state index in [4.69, 9.17) is 28.3 Å². The molecule has 63 heavy (non-hydrogen) atoms. The van der Waals surface area contributed by atoms with Crippen molar-refractivity contribution in [1.29, 1.82) is 0 Å². The Kier molecular flexibility index (Phi) is 18.8. The lowest BCUT2D eigenvalue weighted by atomic mass is 9.83. The first-order chi connectivity index (χ1) is 29.4. The second kappa shape index (κ2) is 23.5. The van der Waals surface area contributed by atoms with Gasteiger partial charge in [-0.2, -0.15) is 0 Å². The first-order valence-corrected chi connectivity index (χ1v) is 21.2. The number of anilines is 2. The number of nitrogens with zero attached hydrogens (tertiary/aromatic N) is 3. The van der Waals surface area contributed by atoms with Crippen molar-refractivity contribution < 1.29 is 33.9 Å². The van der Waals surface area contributed by atoms with Gasteiger partial charge in [-0.3, -0.25) is 28.8 Å². The number of benzene rings is 4. The maximum absolute atomic E-state index is 12.9. The van der Waals surface area contributed by atoms with Gasteiger partial charge in [0.2, 0.25) is 17.7 Å². The molecule has 13 nitrogen and oxygen atoms in total. The zero-order chi connectivity index (χ0) is 43.4. The highest BCUT2D eigenvalue weighted by molar-refractivity contribution is 6.31. The number of carboxylic acid groups (broad SMARTS) is 1. The van der Waals surface area contributed by atoms with Crippen molar-refractivity contribution in [3.63, 3.8) is 0 Å². The zero-order valence-corrected chi connectivity index (χ0v) is 37.7. The molecule has 0 spiro atoms. The first-order valence-electron chi connectivity index (χ1n) is 20.4. The fourth-order valence-electron chi connectivity index (χ4n) is 8.09. The van der Waals surface area contributed by atoms with Gasteiger partial charge in [-0.15, -0.1) is 24.8 Å². The van der Waals surface area contributed by atoms with Crippen LogP contribution >= 0.6 is 48.0 Å². The molecule has 8 rings (SSSR count). The molecule has 4 saturated heterocycles. The molecule has 0 bridgehead atoms. The number of rotatable bonds is 10. The van der Waals surface area contributed by atoms with E-state index in [9.17, 15) is 28.8 Å². The number of carbonyl (C=O) groups is 6. The molecular weight excluding hydrogens is 890 g/mol. The fraction of sp³-hybridized carbons (Fsp3) is 0.348. The Labute approximate surface area is 389 Å². The van der Waals surface area contributed by atoms with Crippen molar-refractivity contribution in [3.05, 3.63) is 130 Å². The summed E-state index contributed by atoms with van der Waals surface area (Å²) in [6.07, 6.45) is 0.0783. The molecule has 3 amide bonds. The van der Waals surface area contributed by atoms with E-state index in [-0.39, 0.29) is 92.6 Å². The number of piperazine rings is 2. The number of halogens is 4. The zero-order valence-electron chi connectivity index (χ0n) is 34.6. The van der Waals surface area contributed by atoms with E-state index in [1.54, 1.807) is 30.3 Å². The summed E-state index contributed by atoms with van der Waals surface area (Å²) < 4.78 is 0. The minimum absolute atomic E-state index is 0. The summed E-state index contributed by atoms with van der Waals surface area (Å²) in [5.41, 5.74) is 1.47. The molecule has 4 aromatic carbocycles. The number of aliphatic carboxylic acids is 1. The smallest absolute Gasteiger partial charge is 0.303 e. The lowest BCUT2D eigenvalue weighted by Gasteiger charge is -2.37. The second-order valence-electron chi connectivity index (χ2n) is 15.3. The van der Waals surface area contributed by atoms with E-state index in [1.165, 1.54) is 5.69 Å². The van der Waals surface area contributed by atoms with E-state index in [0.29, 0.717) is 23.7 Å². The molecular formula is C46H52Cl4N6O7. The third-order valence-electron chi connectivity index (χ3n) is 11.4. The Morgan fingerprint density at radius 2 is 0.952 bits per heavy atom. The standard InChI is InChI=1S/C23H24ClN3O3.C13H13NO4.C10H13ClN2.2ClH/c24-18-6-8-19(9-7-18)26-12-14-27(15-13-26)22(30)10-11-23(17-4-2-1-3-5-17)20(28)16-21(29)25-23;15-10-8-11(16)14-13(10,7-6-12(17)18)9-4-2-1-3-5-9;11-9-1-3-10(4-2-9)13-7-5-12-6-8-13;;/h1-9H,10-16H2,(H,25,29);1-5H,6-8H2,(H,14,16)(H,17,18);1-4,12H,5-8H2;2*1H. The van der Waals surface area contributed by atoms with Crippen molar-refractivity contribution in [2.45, 2.75) is 49.6 Å². The lowest BCUT2D eigenvalue weighted by Crippen LogP contribution is -2.50. The predicted molar refractivity (Wildman–Crippen MR) is 249 cm³/mol. The Morgan fingerprint density at radius 3 is 1.33 bits per heavy atom. The molecule has 336 valence electrons. The van der Waals surface area contributed by atoms with Crippen LogP contribution in [-0.4, -0.2) is 97.6 Å². The molecule has 4 heterocycles. The van der Waals surface area contributed by atoms with Gasteiger partial charge in [0.15, 0.2) is 11.6 Å². The summed E-state index contributed by atoms with van der Waals surface area (Å²) >= 11 is 11.8. The number of Topliss-reactive ketones (excluding diaryl/α,β-unsaturated/α-hetero) is 2. The summed E-state index contributed by atoms with van der Waals surface area (Å²) in [7, 11) is 0. The van der Waals surface area contributed by atoms with Crippen LogP contribution in [0.4, 0.5) is 11.4 Å². The molecule has 0 radical (unpaired) electrons. The van der Waals surface area contributed by atoms with E-state index in [0.717, 1.165) is 55.5 Å². The number of carboxylic acids is 1. The van der Waals surface area contributed by atoms with Gasteiger partial charge in [0.05, 0.1) is 12.8 Å². The lowest BCUT2D eigenvalue weighted by molar-refractivity contribution is -0.138. The van der Waals surface area contributed by atoms with Gasteiger partial charge in [0.1, 0.15) is 11.1 Å². The topological polar surface area (TPSA) is 168 Å². The van der Waals surface area contributed by atoms with Crippen LogP contribution in [0, 0.1) is 0 Å². The van der Waals surface area contributed by atoms with Crippen LogP contribution in [0.3, 0.4) is 0 Å². The van der Waals surface area contributed by atoms with E-state index < -0.39 is 17.0 Å². The fourth-order valence-corrected chi connectivity index (χ4v) is 8.34. The molecule has 0 aromatic heterocycles. The monoisotopic (exact) mass is 940 g/mol. The van der Waals surface area contributed by atoms with E-state index in [2.05, 4.69) is 37.9 Å². The van der Waals surface area contributed by atoms with Crippen LogP contribution in [0.5, 0.6) is 0 Å². The Morgan fingerprint density at radius 1 is 0.556 bits per heavy atom. The summed E-state index contributed by atoms with van der Waals surface area (Å²) in [5, 5.41) is 19.1. The number of carbonyl (C=O) groups excluding carboxylic acids is 5. The molecule has 4 aromatic rings. The van der Waals surface area contributed by atoms with Gasteiger partial charge in [-0.25, -0.2) is 0 Å². The highest BCUT2D eigenvalue weighted by Gasteiger charge is 2.48. The largest absolute Gasteiger partial charge is 0.481 e. The third kappa shape index (κ3) is 13.0. The average molecular weight is 943 g/mol. The van der Waals surface area contributed by atoms with Crippen molar-refractivity contribution in [2.24, 2.45) is 0 Å². The van der Waals surface area contributed by atoms with Crippen LogP contribution in [0.25, 0.3) is 0 Å². The van der Waals surface area contributed by atoms with Gasteiger partial charge in [-0.1, -0.05) is 83.9 Å². The van der Waals surface area contributed by atoms with Crippen molar-refractivity contribution in [2.75, 3.05) is 62.2 Å². The molecule has 4 aliphatic rings. The minimum Gasteiger partial charge on any atom is -0.481 e. The van der Waals surface area contributed by atoms with E-state index in [1.807, 2.05) is 71.6 Å². The SMILES string of the molecule is Cl.Cl.Clc1ccc(N2CCNCC2)cc1.O=C(O)CCC1(c2ccccc2)NC(=O)CC1=O.O=C1CC(=O)C(CCC(=O)N2CCN(c3ccc(Cl)cc3)CC2)(c2ccccc2)N1. The number of amides is 3. The van der Waals surface area contributed by atoms with Crippen molar-refractivity contribution >= 4 is 94.6 Å². The summed E-state index contributed by atoms with van der Waals surface area (Å²) in [4.78, 5) is 78.1. The second-order valence-corrected chi connectivity index (χ2v) is 16.2. The molecule has 2 atom stereocenters. The van der Waals surface area contributed by atoms with Gasteiger partial charge in [0.25, 0.3) is 0 Å². The number of hydrogen-bond acceptors (Lipinski definition) is 9. The molecule has 4 fully saturated rings. The maximum atomic E-state index is 12.9. The minimum atomic E-state index is -1.17. The van der Waals surface area contributed by atoms with Crippen LogP contribution in [-0.2, 0) is 39.8 Å². The quantitative estimate of drug-likeness (QED) is 0.135. The molecule has 4 aliphatic heterocycles. The Balaban J connectivity index is 0.000000225. The van der Waals surface area contributed by atoms with Gasteiger partial charge in [-0.05, 0) is 72.5 Å². The van der Waals surface area contributed by atoms with Crippen LogP contribution in [0.15, 0.2) is 109 Å². The maximum Gasteiger partial charge on any atom is 0.303 e. The van der Waals surface area contributed by atoms with Crippen molar-refractivity contribution in [1.82, 2.24) is 20.9 Å². The highest BCUT2D eigenvalue weighted by atomic mass is 35.5. The number of ketones is 2. The molecule has 0 saturated carbocycles. The van der Waals surface area contributed by atoms with Gasteiger partial charge in [0, 0.05) is 86.6 Å². The average Bonchev–Trinajstić information content (AvgIpc) is 3.76. The summed E-state index contributed by atoms with van der Waals surface area (Å²) in [6.45, 7) is 7.05. The summed E-state index contributed by atoms with van der Waals surface area (Å²) in [6, 6.07) is 33.7. The van der Waals surface area contributed by atoms with Crippen LogP contribution in [0.1, 0.15) is 49.7 Å². The molecule has 4 N–H and O–H groups in total. The van der Waals surface area contributed by atoms with Crippen LogP contribution < -0.4 is 25.8 Å². The normalized spacial score (nSPS) is 20.4. The molecule has 2 unspecified atom stereocenters. The van der Waals surface area contributed by atoms with E-state index >= 15 is 0 Å². The van der Waals surface area contributed by atoms with Crippen molar-refractivity contribution in [3.8, 4) is 0 Å². The predicted octanol–water partition coefficient (Wildman–Crippen LogP) is 6.18. The molecule has 0 aliphatic carbocycles. The van der Waals surface area contributed by atoms with Gasteiger partial charge >= 0.3 is 5.97 Å². The Bertz CT molecular complexity index is 2170. The number of hydrogen-bond donors (Lipinski definition) is 4. The number of nitrogens with one attached hydrogen (secondary N) is 3. The highest BCUT2D eigenvalue weighted by Crippen LogP contribution is 2.34. The Hall–Kier alpha value is -5.18. The molecule has 17 heteroatoms. The third-order valence-corrected chi connectivity index (χ3v) is 11.9. The first kappa shape index (κ1) is 50.5. The van der Waals surface area contributed by atoms with Crippen LogP contribution in [0.2, 0.25) is 10.0 Å². The van der Waals surface area contributed by atoms with Gasteiger partial charge < -0.3 is 35.8 Å². The summed E-state index contributed by atoms with van der Waals surface area (Å²) in [5.74, 6) is -2.05.